The minimum atomic E-state index is -4.37. The summed E-state index contributed by atoms with van der Waals surface area (Å²) in [6, 6.07) is 3.15. The monoisotopic (exact) mass is 354 g/mol. The van der Waals surface area contributed by atoms with Gasteiger partial charge in [-0.1, -0.05) is 13.8 Å². The number of carbonyl (C=O) groups excluding carboxylic acids is 1. The highest BCUT2D eigenvalue weighted by atomic mass is 32.1. The Morgan fingerprint density at radius 3 is 2.62 bits per heavy atom. The summed E-state index contributed by atoms with van der Waals surface area (Å²) in [4.78, 5) is 16.1. The number of hydrogen-bond acceptors (Lipinski definition) is 3. The number of alkyl halides is 3. The number of thiophene rings is 1. The molecule has 2 heterocycles. The highest BCUT2D eigenvalue weighted by molar-refractivity contribution is 7.12. The minimum absolute atomic E-state index is 0.178. The Balaban J connectivity index is 1.96. The van der Waals surface area contributed by atoms with Crippen LogP contribution in [0.2, 0.25) is 0 Å². The molecule has 7 heteroatoms. The fraction of sp³-hybridized carbons (Fsp3) is 0.412. The minimum Gasteiger partial charge on any atom is -0.310 e. The molecule has 0 saturated carbocycles. The number of pyridine rings is 1. The zero-order valence-electron chi connectivity index (χ0n) is 13.3. The number of carbonyl (C=O) groups is 1. The lowest BCUT2D eigenvalue weighted by Crippen LogP contribution is -2.18. The summed E-state index contributed by atoms with van der Waals surface area (Å²) in [6.45, 7) is 3.52. The van der Waals surface area contributed by atoms with Gasteiger partial charge in [-0.3, -0.25) is 4.79 Å². The molecule has 0 radical (unpaired) electrons. The van der Waals surface area contributed by atoms with E-state index >= 15 is 0 Å². The molecular weight excluding hydrogens is 337 g/mol. The van der Waals surface area contributed by atoms with E-state index in [0.29, 0.717) is 24.2 Å². The molecule has 1 aliphatic carbocycles. The number of hydrogen-bond donors (Lipinski definition) is 1. The summed E-state index contributed by atoms with van der Waals surface area (Å²) in [5, 5.41) is 2.64. The summed E-state index contributed by atoms with van der Waals surface area (Å²) in [6.07, 6.45) is -0.689. The van der Waals surface area contributed by atoms with Crippen molar-refractivity contribution in [3.63, 3.8) is 0 Å². The Labute approximate surface area is 141 Å². The predicted octanol–water partition coefficient (Wildman–Crippen LogP) is 4.91. The van der Waals surface area contributed by atoms with Crippen LogP contribution in [0.3, 0.4) is 0 Å². The third-order valence-corrected chi connectivity index (χ3v) is 5.34. The van der Waals surface area contributed by atoms with E-state index in [9.17, 15) is 18.0 Å². The first-order chi connectivity index (χ1) is 11.3. The quantitative estimate of drug-likeness (QED) is 0.851. The van der Waals surface area contributed by atoms with Crippen LogP contribution >= 0.6 is 11.3 Å². The molecular formula is C17H17F3N2OS. The van der Waals surface area contributed by atoms with Gasteiger partial charge in [0.1, 0.15) is 10.7 Å². The smallest absolute Gasteiger partial charge is 0.310 e. The number of rotatable bonds is 3. The lowest BCUT2D eigenvalue weighted by Gasteiger charge is -2.11. The lowest BCUT2D eigenvalue weighted by atomic mass is 10.0. The van der Waals surface area contributed by atoms with Gasteiger partial charge in [0.15, 0.2) is 0 Å². The SMILES string of the molecule is CC(C)C(=O)Nc1ccc(-c2c(C(F)(F)F)sc3c2CCC3)cn1. The normalized spacial score (nSPS) is 14.1. The van der Waals surface area contributed by atoms with Gasteiger partial charge in [-0.15, -0.1) is 11.3 Å². The molecule has 0 unspecified atom stereocenters. The first-order valence-corrected chi connectivity index (χ1v) is 8.58. The van der Waals surface area contributed by atoms with Gasteiger partial charge in [-0.05, 0) is 37.0 Å². The number of fused-ring (bicyclic) bond motifs is 1. The Morgan fingerprint density at radius 2 is 2.04 bits per heavy atom. The van der Waals surface area contributed by atoms with Crippen LogP contribution in [0.15, 0.2) is 18.3 Å². The molecule has 24 heavy (non-hydrogen) atoms. The number of amides is 1. The van der Waals surface area contributed by atoms with Crippen molar-refractivity contribution in [1.29, 1.82) is 0 Å². The van der Waals surface area contributed by atoms with Crippen LogP contribution in [-0.4, -0.2) is 10.9 Å². The number of nitrogens with zero attached hydrogens (tertiary/aromatic N) is 1. The molecule has 3 nitrogen and oxygen atoms in total. The van der Waals surface area contributed by atoms with Gasteiger partial charge in [0.2, 0.25) is 5.91 Å². The number of aromatic nitrogens is 1. The van der Waals surface area contributed by atoms with E-state index in [0.717, 1.165) is 28.2 Å². The second kappa shape index (κ2) is 6.20. The highest BCUT2D eigenvalue weighted by Crippen LogP contribution is 2.48. The van der Waals surface area contributed by atoms with Crippen molar-refractivity contribution in [2.45, 2.75) is 39.3 Å². The largest absolute Gasteiger partial charge is 0.426 e. The summed E-state index contributed by atoms with van der Waals surface area (Å²) in [5.74, 6) is -0.0241. The molecule has 2 aromatic heterocycles. The van der Waals surface area contributed by atoms with Crippen LogP contribution in [0.4, 0.5) is 19.0 Å². The van der Waals surface area contributed by atoms with Crippen molar-refractivity contribution in [2.24, 2.45) is 5.92 Å². The maximum absolute atomic E-state index is 13.4. The molecule has 0 spiro atoms. The maximum Gasteiger partial charge on any atom is 0.426 e. The molecule has 0 atom stereocenters. The molecule has 0 aromatic carbocycles. The summed E-state index contributed by atoms with van der Waals surface area (Å²) in [7, 11) is 0. The van der Waals surface area contributed by atoms with Crippen LogP contribution in [0, 0.1) is 5.92 Å². The summed E-state index contributed by atoms with van der Waals surface area (Å²) >= 11 is 0.847. The van der Waals surface area contributed by atoms with E-state index in [1.165, 1.54) is 6.20 Å². The molecule has 0 bridgehead atoms. The number of anilines is 1. The third-order valence-electron chi connectivity index (χ3n) is 4.01. The van der Waals surface area contributed by atoms with Crippen molar-refractivity contribution < 1.29 is 18.0 Å². The average Bonchev–Trinajstić information content (AvgIpc) is 3.08. The van der Waals surface area contributed by atoms with Gasteiger partial charge in [0, 0.05) is 28.1 Å². The zero-order valence-corrected chi connectivity index (χ0v) is 14.1. The molecule has 0 fully saturated rings. The Kier molecular flexibility index (Phi) is 4.38. The molecule has 1 N–H and O–H groups in total. The summed E-state index contributed by atoms with van der Waals surface area (Å²) in [5.41, 5.74) is 1.51. The van der Waals surface area contributed by atoms with Gasteiger partial charge in [0.25, 0.3) is 0 Å². The third kappa shape index (κ3) is 3.17. The van der Waals surface area contributed by atoms with E-state index < -0.39 is 11.1 Å². The number of halogens is 3. The van der Waals surface area contributed by atoms with Crippen molar-refractivity contribution in [3.8, 4) is 11.1 Å². The molecule has 1 aliphatic rings. The predicted molar refractivity (Wildman–Crippen MR) is 88.0 cm³/mol. The number of nitrogens with one attached hydrogen (secondary N) is 1. The van der Waals surface area contributed by atoms with Crippen LogP contribution in [-0.2, 0) is 23.8 Å². The van der Waals surface area contributed by atoms with Crippen LogP contribution in [0.25, 0.3) is 11.1 Å². The Bertz CT molecular complexity index is 763. The molecule has 0 aliphatic heterocycles. The van der Waals surface area contributed by atoms with Crippen LogP contribution in [0.1, 0.15) is 35.6 Å². The molecule has 128 valence electrons. The van der Waals surface area contributed by atoms with Crippen molar-refractivity contribution in [2.75, 3.05) is 5.32 Å². The lowest BCUT2D eigenvalue weighted by molar-refractivity contribution is -0.133. The van der Waals surface area contributed by atoms with Crippen LogP contribution < -0.4 is 5.32 Å². The van der Waals surface area contributed by atoms with E-state index in [-0.39, 0.29) is 17.4 Å². The van der Waals surface area contributed by atoms with E-state index in [4.69, 9.17) is 0 Å². The van der Waals surface area contributed by atoms with Crippen molar-refractivity contribution in [1.82, 2.24) is 4.98 Å². The van der Waals surface area contributed by atoms with E-state index in [1.54, 1.807) is 26.0 Å². The summed E-state index contributed by atoms with van der Waals surface area (Å²) < 4.78 is 40.1. The number of aryl methyl sites for hydroxylation is 1. The first kappa shape index (κ1) is 17.0. The molecule has 0 saturated heterocycles. The first-order valence-electron chi connectivity index (χ1n) is 7.76. The molecule has 1 amide bonds. The fourth-order valence-corrected chi connectivity index (χ4v) is 4.07. The van der Waals surface area contributed by atoms with Gasteiger partial charge in [0.05, 0.1) is 0 Å². The topological polar surface area (TPSA) is 42.0 Å². The standard InChI is InChI=1S/C17H17F3N2OS/c1-9(2)16(23)22-13-7-6-10(8-21-13)14-11-4-3-5-12(11)24-15(14)17(18,19)20/h6-9H,3-5H2,1-2H3,(H,21,22,23). The van der Waals surface area contributed by atoms with E-state index in [2.05, 4.69) is 10.3 Å². The van der Waals surface area contributed by atoms with Crippen molar-refractivity contribution in [3.05, 3.63) is 33.6 Å². The van der Waals surface area contributed by atoms with Gasteiger partial charge in [-0.2, -0.15) is 13.2 Å². The maximum atomic E-state index is 13.4. The zero-order chi connectivity index (χ0) is 17.5. The second-order valence-corrected chi connectivity index (χ2v) is 7.24. The Hall–Kier alpha value is -1.89. The average molecular weight is 354 g/mol. The van der Waals surface area contributed by atoms with Gasteiger partial charge < -0.3 is 5.32 Å². The fourth-order valence-electron chi connectivity index (χ4n) is 2.80. The molecule has 2 aromatic rings. The van der Waals surface area contributed by atoms with Crippen LogP contribution in [0.5, 0.6) is 0 Å². The Morgan fingerprint density at radius 1 is 1.29 bits per heavy atom. The molecule has 3 rings (SSSR count). The van der Waals surface area contributed by atoms with E-state index in [1.807, 2.05) is 0 Å². The van der Waals surface area contributed by atoms with Gasteiger partial charge in [-0.25, -0.2) is 4.98 Å². The second-order valence-electron chi connectivity index (χ2n) is 6.14. The van der Waals surface area contributed by atoms with Gasteiger partial charge >= 0.3 is 6.18 Å². The highest BCUT2D eigenvalue weighted by Gasteiger charge is 2.39. The van der Waals surface area contributed by atoms with Crippen molar-refractivity contribution >= 4 is 23.1 Å².